The van der Waals surface area contributed by atoms with Crippen LogP contribution in [-0.2, 0) is 0 Å². The van der Waals surface area contributed by atoms with E-state index in [4.69, 9.17) is 0 Å². The SMILES string of the molecule is CC.CCNC(=O)c1ccc(C(C)CC)cc1. The van der Waals surface area contributed by atoms with E-state index < -0.39 is 0 Å². The molecule has 1 atom stereocenters. The summed E-state index contributed by atoms with van der Waals surface area (Å²) in [6.07, 6.45) is 1.13. The fourth-order valence-electron chi connectivity index (χ4n) is 1.46. The first-order valence-electron chi connectivity index (χ1n) is 6.57. The Labute approximate surface area is 105 Å². The highest BCUT2D eigenvalue weighted by Crippen LogP contribution is 2.18. The summed E-state index contributed by atoms with van der Waals surface area (Å²) in [4.78, 5) is 11.5. The number of benzene rings is 1. The van der Waals surface area contributed by atoms with Gasteiger partial charge in [-0.2, -0.15) is 0 Å². The maximum Gasteiger partial charge on any atom is 0.251 e. The number of rotatable bonds is 4. The topological polar surface area (TPSA) is 29.1 Å². The van der Waals surface area contributed by atoms with E-state index in [1.54, 1.807) is 0 Å². The van der Waals surface area contributed by atoms with Gasteiger partial charge in [-0.25, -0.2) is 0 Å². The van der Waals surface area contributed by atoms with Crippen LogP contribution in [0.1, 0.15) is 62.9 Å². The van der Waals surface area contributed by atoms with Crippen LogP contribution in [0.3, 0.4) is 0 Å². The van der Waals surface area contributed by atoms with Crippen molar-refractivity contribution in [3.63, 3.8) is 0 Å². The molecule has 17 heavy (non-hydrogen) atoms. The van der Waals surface area contributed by atoms with E-state index in [2.05, 4.69) is 19.2 Å². The molecule has 0 aromatic heterocycles. The van der Waals surface area contributed by atoms with E-state index in [1.807, 2.05) is 45.0 Å². The molecule has 0 heterocycles. The van der Waals surface area contributed by atoms with Crippen molar-refractivity contribution in [1.82, 2.24) is 5.32 Å². The number of carbonyl (C=O) groups excluding carboxylic acids is 1. The van der Waals surface area contributed by atoms with Gasteiger partial charge in [0, 0.05) is 12.1 Å². The zero-order valence-corrected chi connectivity index (χ0v) is 11.7. The Bertz CT molecular complexity index is 316. The van der Waals surface area contributed by atoms with Crippen molar-refractivity contribution in [1.29, 1.82) is 0 Å². The first kappa shape index (κ1) is 15.7. The first-order chi connectivity index (χ1) is 8.19. The molecule has 1 unspecified atom stereocenters. The summed E-state index contributed by atoms with van der Waals surface area (Å²) in [7, 11) is 0. The van der Waals surface area contributed by atoms with Crippen molar-refractivity contribution in [2.45, 2.75) is 47.0 Å². The predicted molar refractivity (Wildman–Crippen MR) is 74.5 cm³/mol. The Hall–Kier alpha value is -1.31. The van der Waals surface area contributed by atoms with Crippen LogP contribution in [0.4, 0.5) is 0 Å². The third-order valence-corrected chi connectivity index (χ3v) is 2.69. The van der Waals surface area contributed by atoms with Gasteiger partial charge in [-0.15, -0.1) is 0 Å². The molecule has 0 radical (unpaired) electrons. The Morgan fingerprint density at radius 2 is 1.71 bits per heavy atom. The van der Waals surface area contributed by atoms with E-state index in [1.165, 1.54) is 5.56 Å². The normalized spacial score (nSPS) is 11.1. The summed E-state index contributed by atoms with van der Waals surface area (Å²) in [5.41, 5.74) is 2.04. The zero-order chi connectivity index (χ0) is 13.3. The van der Waals surface area contributed by atoms with Crippen LogP contribution in [0.15, 0.2) is 24.3 Å². The second-order valence-electron chi connectivity index (χ2n) is 3.79. The Morgan fingerprint density at radius 3 is 2.12 bits per heavy atom. The summed E-state index contributed by atoms with van der Waals surface area (Å²) in [6.45, 7) is 11.0. The minimum Gasteiger partial charge on any atom is -0.352 e. The third-order valence-electron chi connectivity index (χ3n) is 2.69. The van der Waals surface area contributed by atoms with Crippen molar-refractivity contribution >= 4 is 5.91 Å². The van der Waals surface area contributed by atoms with Gasteiger partial charge in [0.15, 0.2) is 0 Å². The van der Waals surface area contributed by atoms with Gasteiger partial charge in [-0.05, 0) is 37.0 Å². The van der Waals surface area contributed by atoms with Crippen molar-refractivity contribution in [2.75, 3.05) is 6.54 Å². The molecule has 1 rings (SSSR count). The minimum absolute atomic E-state index is 0.00759. The molecule has 0 aliphatic rings. The quantitative estimate of drug-likeness (QED) is 0.840. The fourth-order valence-corrected chi connectivity index (χ4v) is 1.46. The maximum atomic E-state index is 11.5. The molecule has 1 aromatic carbocycles. The van der Waals surface area contributed by atoms with Crippen LogP contribution in [0, 0.1) is 0 Å². The highest BCUT2D eigenvalue weighted by Gasteiger charge is 2.06. The van der Waals surface area contributed by atoms with Crippen LogP contribution in [0.25, 0.3) is 0 Å². The van der Waals surface area contributed by atoms with E-state index in [0.29, 0.717) is 12.5 Å². The summed E-state index contributed by atoms with van der Waals surface area (Å²) in [6, 6.07) is 7.87. The molecule has 1 N–H and O–H groups in total. The number of carbonyl (C=O) groups is 1. The molecule has 0 aliphatic carbocycles. The highest BCUT2D eigenvalue weighted by atomic mass is 16.1. The van der Waals surface area contributed by atoms with Gasteiger partial charge >= 0.3 is 0 Å². The van der Waals surface area contributed by atoms with Crippen LogP contribution in [0.2, 0.25) is 0 Å². The average Bonchev–Trinajstić information content (AvgIpc) is 2.40. The van der Waals surface area contributed by atoms with Gasteiger partial charge in [-0.3, -0.25) is 4.79 Å². The maximum absolute atomic E-state index is 11.5. The average molecular weight is 235 g/mol. The zero-order valence-electron chi connectivity index (χ0n) is 11.7. The molecule has 0 saturated carbocycles. The van der Waals surface area contributed by atoms with Gasteiger partial charge < -0.3 is 5.32 Å². The van der Waals surface area contributed by atoms with Gasteiger partial charge in [0.1, 0.15) is 0 Å². The number of hydrogen-bond donors (Lipinski definition) is 1. The lowest BCUT2D eigenvalue weighted by atomic mass is 9.97. The molecular formula is C15H25NO. The van der Waals surface area contributed by atoms with Crippen molar-refractivity contribution in [3.8, 4) is 0 Å². The molecule has 96 valence electrons. The Balaban J connectivity index is 0.00000121. The van der Waals surface area contributed by atoms with Gasteiger partial charge in [0.2, 0.25) is 0 Å². The van der Waals surface area contributed by atoms with E-state index in [0.717, 1.165) is 12.0 Å². The molecule has 0 bridgehead atoms. The molecule has 2 heteroatoms. The summed E-state index contributed by atoms with van der Waals surface area (Å²) in [5, 5.41) is 2.79. The lowest BCUT2D eigenvalue weighted by molar-refractivity contribution is 0.0956. The smallest absolute Gasteiger partial charge is 0.251 e. The van der Waals surface area contributed by atoms with Crippen LogP contribution < -0.4 is 5.32 Å². The molecular weight excluding hydrogens is 210 g/mol. The lowest BCUT2D eigenvalue weighted by Gasteiger charge is -2.09. The standard InChI is InChI=1S/C13H19NO.C2H6/c1-4-10(3)11-6-8-12(9-7-11)13(15)14-5-2;1-2/h6-10H,4-5H2,1-3H3,(H,14,15);1-2H3. The van der Waals surface area contributed by atoms with E-state index in [9.17, 15) is 4.79 Å². The molecule has 2 nitrogen and oxygen atoms in total. The molecule has 1 amide bonds. The van der Waals surface area contributed by atoms with Crippen LogP contribution in [0.5, 0.6) is 0 Å². The van der Waals surface area contributed by atoms with Gasteiger partial charge in [0.05, 0.1) is 0 Å². The molecule has 0 fully saturated rings. The summed E-state index contributed by atoms with van der Waals surface area (Å²) < 4.78 is 0. The molecule has 0 aliphatic heterocycles. The summed E-state index contributed by atoms with van der Waals surface area (Å²) in [5.74, 6) is 0.571. The van der Waals surface area contributed by atoms with Crippen LogP contribution >= 0.6 is 0 Å². The summed E-state index contributed by atoms with van der Waals surface area (Å²) >= 11 is 0. The highest BCUT2D eigenvalue weighted by molar-refractivity contribution is 5.94. The second-order valence-corrected chi connectivity index (χ2v) is 3.79. The lowest BCUT2D eigenvalue weighted by Crippen LogP contribution is -2.22. The largest absolute Gasteiger partial charge is 0.352 e. The fraction of sp³-hybridized carbons (Fsp3) is 0.533. The molecule has 0 spiro atoms. The van der Waals surface area contributed by atoms with Gasteiger partial charge in [-0.1, -0.05) is 39.8 Å². The van der Waals surface area contributed by atoms with Gasteiger partial charge in [0.25, 0.3) is 5.91 Å². The second kappa shape index (κ2) is 8.80. The number of amides is 1. The molecule has 1 aromatic rings. The Morgan fingerprint density at radius 1 is 1.18 bits per heavy atom. The van der Waals surface area contributed by atoms with Crippen molar-refractivity contribution in [2.24, 2.45) is 0 Å². The Kier molecular flexibility index (Phi) is 8.12. The van der Waals surface area contributed by atoms with Crippen LogP contribution in [-0.4, -0.2) is 12.5 Å². The third kappa shape index (κ3) is 5.03. The minimum atomic E-state index is 0.00759. The van der Waals surface area contributed by atoms with E-state index >= 15 is 0 Å². The number of hydrogen-bond acceptors (Lipinski definition) is 1. The van der Waals surface area contributed by atoms with Crippen molar-refractivity contribution in [3.05, 3.63) is 35.4 Å². The van der Waals surface area contributed by atoms with Crippen molar-refractivity contribution < 1.29 is 4.79 Å². The molecule has 0 saturated heterocycles. The first-order valence-corrected chi connectivity index (χ1v) is 6.57. The monoisotopic (exact) mass is 235 g/mol. The number of nitrogens with one attached hydrogen (secondary N) is 1. The van der Waals surface area contributed by atoms with E-state index in [-0.39, 0.29) is 5.91 Å². The predicted octanol–water partition coefficient (Wildman–Crippen LogP) is 3.98.